The summed E-state index contributed by atoms with van der Waals surface area (Å²) in [7, 11) is 0. The first kappa shape index (κ1) is 9.27. The molecule has 0 aliphatic heterocycles. The van der Waals surface area contributed by atoms with Crippen LogP contribution in [-0.4, -0.2) is 0 Å². The molecule has 3 nitrogen and oxygen atoms in total. The topological polar surface area (TPSA) is 58.7 Å². The quantitative estimate of drug-likeness (QED) is 0.178. The van der Waals surface area contributed by atoms with E-state index in [2.05, 4.69) is 0 Å². The number of hydrogen-bond donors (Lipinski definition) is 0. The monoisotopic (exact) mass is 76.0 g/mol. The molecule has 0 heterocycles. The fraction of sp³-hybridized carbons (Fsp3) is 0. The molecule has 0 rings (SSSR count). The van der Waals surface area contributed by atoms with Crippen molar-refractivity contribution in [1.82, 2.24) is 0 Å². The van der Waals surface area contributed by atoms with Gasteiger partial charge in [0.05, 0.1) is 0 Å². The fourth-order valence-electron chi connectivity index (χ4n) is 0. The summed E-state index contributed by atoms with van der Waals surface area (Å²) in [5.41, 5.74) is 13.5. The molecular formula is H3N3P-. The van der Waals surface area contributed by atoms with Crippen molar-refractivity contribution in [2.45, 2.75) is 0 Å². The second-order valence-corrected chi connectivity index (χ2v) is 0.0894. The molecule has 0 aliphatic rings. The Bertz CT molecular complexity index is 24.3. The predicted molar refractivity (Wildman–Crippen MR) is 21.2 cm³/mol. The van der Waals surface area contributed by atoms with E-state index in [9.17, 15) is 0 Å². The Morgan fingerprint density at radius 3 is 1.25 bits per heavy atom. The second-order valence-electron chi connectivity index (χ2n) is 0.0894. The Balaban J connectivity index is 0. The Labute approximate surface area is 27.0 Å². The molecule has 0 aliphatic carbocycles. The van der Waals surface area contributed by atoms with Gasteiger partial charge in [0.2, 0.25) is 0 Å². The van der Waals surface area contributed by atoms with Crippen molar-refractivity contribution >= 4 is 9.90 Å². The molecule has 0 saturated heterocycles. The molecular weight excluding hydrogens is 73.0 g/mol. The third-order valence-electron chi connectivity index (χ3n) is 0. The maximum absolute atomic E-state index is 6.75. The lowest BCUT2D eigenvalue weighted by Gasteiger charge is -1.31. The molecule has 1 atom stereocenters. The molecule has 0 radical (unpaired) electrons. The van der Waals surface area contributed by atoms with Gasteiger partial charge in [0, 0.05) is 0 Å². The first-order valence-electron chi connectivity index (χ1n) is 0.400. The van der Waals surface area contributed by atoms with Crippen LogP contribution >= 0.6 is 9.90 Å². The minimum Gasteiger partial charge on any atom is -0.373 e. The summed E-state index contributed by atoms with van der Waals surface area (Å²) in [4.78, 5) is 1.50. The van der Waals surface area contributed by atoms with Gasteiger partial charge in [0.1, 0.15) is 0 Å². The molecule has 1 unspecified atom stereocenters. The van der Waals surface area contributed by atoms with E-state index in [1.165, 1.54) is 4.91 Å². The van der Waals surface area contributed by atoms with E-state index in [-0.39, 0.29) is 9.90 Å². The van der Waals surface area contributed by atoms with Crippen molar-refractivity contribution in [3.63, 3.8) is 0 Å². The van der Waals surface area contributed by atoms with E-state index in [0.29, 0.717) is 0 Å². The van der Waals surface area contributed by atoms with Crippen LogP contribution in [0.25, 0.3) is 16.0 Å². The zero-order valence-electron chi connectivity index (χ0n) is 2.05. The molecule has 0 fully saturated rings. The largest absolute Gasteiger partial charge is 0.373 e. The van der Waals surface area contributed by atoms with Gasteiger partial charge in [0.15, 0.2) is 0 Å². The lowest BCUT2D eigenvalue weighted by atomic mass is 13.0. The van der Waals surface area contributed by atoms with Gasteiger partial charge in [-0.1, -0.05) is 0 Å². The Morgan fingerprint density at radius 1 is 1.25 bits per heavy atom. The molecule has 4 heteroatoms. The van der Waals surface area contributed by atoms with E-state index in [0.717, 1.165) is 0 Å². The van der Waals surface area contributed by atoms with Gasteiger partial charge in [-0.2, -0.15) is 9.90 Å². The standard InChI is InChI=1S/N3.H3P/c1-3-2;/h;1H3/q-1;. The average Bonchev–Trinajstić information content (AvgIpc) is 0.918. The van der Waals surface area contributed by atoms with Crippen LogP contribution in [0.1, 0.15) is 0 Å². The van der Waals surface area contributed by atoms with Crippen LogP contribution in [0.2, 0.25) is 0 Å². The van der Waals surface area contributed by atoms with Crippen molar-refractivity contribution in [2.24, 2.45) is 0 Å². The summed E-state index contributed by atoms with van der Waals surface area (Å²) in [6.07, 6.45) is 0. The van der Waals surface area contributed by atoms with Gasteiger partial charge < -0.3 is 11.1 Å². The summed E-state index contributed by atoms with van der Waals surface area (Å²) in [5.74, 6) is 0. The van der Waals surface area contributed by atoms with E-state index in [4.69, 9.17) is 11.1 Å². The third-order valence-corrected chi connectivity index (χ3v) is 0. The normalized spacial score (nSPS) is 2.00. The van der Waals surface area contributed by atoms with Gasteiger partial charge in [-0.25, -0.2) is 0 Å². The maximum atomic E-state index is 6.75. The molecule has 4 heavy (non-hydrogen) atoms. The number of nitrogens with zero attached hydrogens (tertiary/aromatic N) is 3. The third kappa shape index (κ3) is 14.1. The van der Waals surface area contributed by atoms with Crippen LogP contribution in [0.5, 0.6) is 0 Å². The molecule has 0 N–H and O–H groups in total. The molecule has 0 bridgehead atoms. The minimum absolute atomic E-state index is 0. The van der Waals surface area contributed by atoms with Gasteiger partial charge in [0.25, 0.3) is 0 Å². The van der Waals surface area contributed by atoms with E-state index >= 15 is 0 Å². The first-order valence-corrected chi connectivity index (χ1v) is 0.400. The van der Waals surface area contributed by atoms with Crippen molar-refractivity contribution in [2.75, 3.05) is 0 Å². The molecule has 0 aromatic carbocycles. The zero-order chi connectivity index (χ0) is 2.71. The summed E-state index contributed by atoms with van der Waals surface area (Å²) >= 11 is 0. The Hall–Kier alpha value is -0.260. The van der Waals surface area contributed by atoms with Gasteiger partial charge in [-0.15, -0.1) is 0 Å². The molecule has 0 spiro atoms. The van der Waals surface area contributed by atoms with Crippen molar-refractivity contribution in [3.05, 3.63) is 16.0 Å². The Morgan fingerprint density at radius 2 is 1.25 bits per heavy atom. The molecule has 24 valence electrons. The van der Waals surface area contributed by atoms with E-state index in [1.54, 1.807) is 0 Å². The fourth-order valence-corrected chi connectivity index (χ4v) is 0. The minimum atomic E-state index is 0. The van der Waals surface area contributed by atoms with E-state index in [1.807, 2.05) is 0 Å². The highest BCUT2D eigenvalue weighted by Crippen LogP contribution is 1.29. The number of hydrogen-bond acceptors (Lipinski definition) is 0. The molecule has 0 aromatic heterocycles. The highest BCUT2D eigenvalue weighted by Gasteiger charge is 0.689. The summed E-state index contributed by atoms with van der Waals surface area (Å²) < 4.78 is 0. The van der Waals surface area contributed by atoms with E-state index < -0.39 is 0 Å². The SMILES string of the molecule is P.[N-]=[N+]=[N-]. The van der Waals surface area contributed by atoms with Crippen LogP contribution < -0.4 is 0 Å². The predicted octanol–water partition coefficient (Wildman–Crippen LogP) is 0.924. The zero-order valence-corrected chi connectivity index (χ0v) is 3.46. The highest BCUT2D eigenvalue weighted by atomic mass is 31.0. The highest BCUT2D eigenvalue weighted by molar-refractivity contribution is 6.92. The maximum Gasteiger partial charge on any atom is -0.153 e. The van der Waals surface area contributed by atoms with Crippen LogP contribution in [-0.2, 0) is 0 Å². The summed E-state index contributed by atoms with van der Waals surface area (Å²) in [6.45, 7) is 0. The van der Waals surface area contributed by atoms with Crippen LogP contribution in [0.4, 0.5) is 0 Å². The molecule has 0 amide bonds. The Kier molecular flexibility index (Phi) is 35.1. The van der Waals surface area contributed by atoms with Crippen LogP contribution in [0.3, 0.4) is 0 Å². The van der Waals surface area contributed by atoms with Gasteiger partial charge in [-0.05, 0) is 0 Å². The van der Waals surface area contributed by atoms with Gasteiger partial charge >= 0.3 is 0 Å². The second kappa shape index (κ2) is 15.1. The lowest BCUT2D eigenvalue weighted by Crippen LogP contribution is -0.711. The smallest absolute Gasteiger partial charge is 0.153 e. The first-order chi connectivity index (χ1) is 1.41. The van der Waals surface area contributed by atoms with Crippen LogP contribution in [0, 0.1) is 0 Å². The molecule has 0 aromatic rings. The van der Waals surface area contributed by atoms with Crippen LogP contribution in [0.15, 0.2) is 0 Å². The van der Waals surface area contributed by atoms with Crippen molar-refractivity contribution in [3.8, 4) is 0 Å². The molecule has 0 saturated carbocycles. The average molecular weight is 76.0 g/mol. The number of rotatable bonds is 0. The van der Waals surface area contributed by atoms with Crippen molar-refractivity contribution < 1.29 is 0 Å². The van der Waals surface area contributed by atoms with Crippen molar-refractivity contribution in [1.29, 1.82) is 0 Å². The van der Waals surface area contributed by atoms with Gasteiger partial charge in [-0.3, -0.25) is 4.91 Å². The summed E-state index contributed by atoms with van der Waals surface area (Å²) in [6, 6.07) is 0. The summed E-state index contributed by atoms with van der Waals surface area (Å²) in [5, 5.41) is 0. The lowest BCUT2D eigenvalue weighted by molar-refractivity contribution is 2.36.